The Morgan fingerprint density at radius 1 is 1.20 bits per heavy atom. The number of carbonyl (C=O) groups is 1. The van der Waals surface area contributed by atoms with Gasteiger partial charge in [-0.3, -0.25) is 9.36 Å². The fourth-order valence-corrected chi connectivity index (χ4v) is 6.25. The van der Waals surface area contributed by atoms with Crippen molar-refractivity contribution in [1.82, 2.24) is 4.57 Å². The number of nitrogens with zero attached hydrogens (tertiary/aromatic N) is 2. The maximum Gasteiger partial charge on any atom is 0.338 e. The third-order valence-electron chi connectivity index (χ3n) is 5.48. The molecular formula is C25H22BrIN2O5S. The first-order valence-corrected chi connectivity index (χ1v) is 13.3. The molecule has 35 heavy (non-hydrogen) atoms. The van der Waals surface area contributed by atoms with Crippen LogP contribution < -0.4 is 24.4 Å². The molecular weight excluding hydrogens is 647 g/mol. The number of rotatable bonds is 6. The number of esters is 1. The molecule has 0 radical (unpaired) electrons. The molecule has 1 aromatic heterocycles. The van der Waals surface area contributed by atoms with Gasteiger partial charge in [-0.05, 0) is 93.8 Å². The lowest BCUT2D eigenvalue weighted by molar-refractivity contribution is -0.139. The van der Waals surface area contributed by atoms with Gasteiger partial charge in [0.25, 0.3) is 5.56 Å². The van der Waals surface area contributed by atoms with Crippen molar-refractivity contribution in [2.75, 3.05) is 20.8 Å². The van der Waals surface area contributed by atoms with Crippen LogP contribution in [0.1, 0.15) is 31.0 Å². The van der Waals surface area contributed by atoms with Gasteiger partial charge in [0.1, 0.15) is 11.5 Å². The number of hydrogen-bond acceptors (Lipinski definition) is 7. The third kappa shape index (κ3) is 4.96. The Hall–Kier alpha value is -2.44. The molecule has 0 saturated carbocycles. The summed E-state index contributed by atoms with van der Waals surface area (Å²) < 4.78 is 19.8. The molecule has 1 aliphatic rings. The molecule has 0 N–H and O–H groups in total. The number of fused-ring (bicyclic) bond motifs is 1. The lowest BCUT2D eigenvalue weighted by atomic mass is 9.96. The van der Waals surface area contributed by atoms with Gasteiger partial charge in [0, 0.05) is 0 Å². The van der Waals surface area contributed by atoms with Gasteiger partial charge in [-0.1, -0.05) is 23.5 Å². The number of benzene rings is 2. The molecule has 0 saturated heterocycles. The Bertz CT molecular complexity index is 1530. The van der Waals surface area contributed by atoms with E-state index >= 15 is 0 Å². The van der Waals surface area contributed by atoms with Crippen molar-refractivity contribution in [3.05, 3.63) is 86.5 Å². The zero-order valence-electron chi connectivity index (χ0n) is 19.4. The molecule has 7 nitrogen and oxygen atoms in total. The van der Waals surface area contributed by atoms with Gasteiger partial charge >= 0.3 is 5.97 Å². The monoisotopic (exact) mass is 668 g/mol. The average molecular weight is 669 g/mol. The second-order valence-electron chi connectivity index (χ2n) is 7.59. The summed E-state index contributed by atoms with van der Waals surface area (Å²) in [6, 6.07) is 10.5. The summed E-state index contributed by atoms with van der Waals surface area (Å²) in [6.45, 7) is 3.73. The summed E-state index contributed by atoms with van der Waals surface area (Å²) in [4.78, 5) is 31.8. The highest BCUT2D eigenvalue weighted by atomic mass is 127. The van der Waals surface area contributed by atoms with E-state index in [4.69, 9.17) is 14.2 Å². The highest BCUT2D eigenvalue weighted by Crippen LogP contribution is 2.35. The first-order valence-electron chi connectivity index (χ1n) is 10.7. The minimum Gasteiger partial charge on any atom is -0.496 e. The topological polar surface area (TPSA) is 79.1 Å². The van der Waals surface area contributed by atoms with E-state index in [0.717, 1.165) is 20.4 Å². The zero-order valence-corrected chi connectivity index (χ0v) is 24.0. The average Bonchev–Trinajstić information content (AvgIpc) is 3.12. The highest BCUT2D eigenvalue weighted by Gasteiger charge is 2.33. The van der Waals surface area contributed by atoms with Gasteiger partial charge in [0.2, 0.25) is 0 Å². The molecule has 0 amide bonds. The minimum atomic E-state index is -0.689. The summed E-state index contributed by atoms with van der Waals surface area (Å²) in [7, 11) is 3.20. The van der Waals surface area contributed by atoms with Crippen LogP contribution in [-0.2, 0) is 9.53 Å². The summed E-state index contributed by atoms with van der Waals surface area (Å²) in [5, 5.41) is 0. The molecule has 4 rings (SSSR count). The van der Waals surface area contributed by atoms with Crippen LogP contribution in [0.2, 0.25) is 0 Å². The van der Waals surface area contributed by atoms with Crippen LogP contribution in [0.25, 0.3) is 6.08 Å². The first-order chi connectivity index (χ1) is 16.8. The van der Waals surface area contributed by atoms with Crippen molar-refractivity contribution in [1.29, 1.82) is 0 Å². The smallest absolute Gasteiger partial charge is 0.338 e. The molecule has 2 heterocycles. The number of carbonyl (C=O) groups excluding carboxylic acids is 1. The predicted octanol–water partition coefficient (Wildman–Crippen LogP) is 4.18. The summed E-state index contributed by atoms with van der Waals surface area (Å²) >= 11 is 7.00. The van der Waals surface area contributed by atoms with E-state index in [1.807, 2.05) is 36.4 Å². The van der Waals surface area contributed by atoms with E-state index in [-0.39, 0.29) is 12.2 Å². The molecule has 10 heteroatoms. The largest absolute Gasteiger partial charge is 0.496 e. The third-order valence-corrected chi connectivity index (χ3v) is 7.93. The van der Waals surface area contributed by atoms with Crippen LogP contribution >= 0.6 is 49.9 Å². The van der Waals surface area contributed by atoms with Crippen LogP contribution in [0.15, 0.2) is 61.9 Å². The number of aromatic nitrogens is 1. The first kappa shape index (κ1) is 25.6. The number of thiazole rings is 1. The van der Waals surface area contributed by atoms with E-state index < -0.39 is 12.0 Å². The van der Waals surface area contributed by atoms with Crippen molar-refractivity contribution in [3.63, 3.8) is 0 Å². The Kier molecular flexibility index (Phi) is 7.82. The number of allylic oxidation sites excluding steroid dienone is 1. The lowest BCUT2D eigenvalue weighted by Crippen LogP contribution is -2.40. The van der Waals surface area contributed by atoms with E-state index in [1.165, 1.54) is 11.3 Å². The summed E-state index contributed by atoms with van der Waals surface area (Å²) in [5.41, 5.74) is 2.23. The van der Waals surface area contributed by atoms with Crippen molar-refractivity contribution in [3.8, 4) is 11.5 Å². The normalized spacial score (nSPS) is 15.5. The number of halogens is 2. The SMILES string of the molecule is CCOC(=O)C1=C(C)N=c2s/c(=C/c3ccc(OC)c(I)c3)c(=O)n2[C@H]1c1ccc(OC)c(Br)c1. The maximum atomic E-state index is 13.7. The van der Waals surface area contributed by atoms with Crippen LogP contribution in [0.5, 0.6) is 11.5 Å². The van der Waals surface area contributed by atoms with E-state index in [9.17, 15) is 9.59 Å². The molecule has 0 aliphatic carbocycles. The quantitative estimate of drug-likeness (QED) is 0.291. The second-order valence-corrected chi connectivity index (χ2v) is 10.6. The number of methoxy groups -OCH3 is 2. The summed E-state index contributed by atoms with van der Waals surface area (Å²) in [6.07, 6.45) is 1.83. The van der Waals surface area contributed by atoms with Crippen LogP contribution in [0.3, 0.4) is 0 Å². The van der Waals surface area contributed by atoms with Gasteiger partial charge in [-0.2, -0.15) is 0 Å². The van der Waals surface area contributed by atoms with E-state index in [1.54, 1.807) is 38.7 Å². The number of ether oxygens (including phenoxy) is 3. The van der Waals surface area contributed by atoms with Gasteiger partial charge in [0.15, 0.2) is 4.80 Å². The molecule has 2 aromatic carbocycles. The standard InChI is InChI=1S/C25H22BrIN2O5S/c1-5-34-24(31)21-13(2)28-25-29(22(21)15-7-9-18(32-3)16(26)12-15)23(30)20(35-25)11-14-6-8-19(33-4)17(27)10-14/h6-12,22H,5H2,1-4H3/b20-11+/t22-/m0/s1. The molecule has 0 fully saturated rings. The van der Waals surface area contributed by atoms with Crippen molar-refractivity contribution >= 4 is 61.9 Å². The Labute approximate surface area is 228 Å². The molecule has 0 spiro atoms. The maximum absolute atomic E-state index is 13.7. The molecule has 1 aliphatic heterocycles. The van der Waals surface area contributed by atoms with Gasteiger partial charge in [-0.15, -0.1) is 0 Å². The molecule has 3 aromatic rings. The fraction of sp³-hybridized carbons (Fsp3) is 0.240. The van der Waals surface area contributed by atoms with Gasteiger partial charge in [-0.25, -0.2) is 9.79 Å². The van der Waals surface area contributed by atoms with Crippen molar-refractivity contribution in [2.24, 2.45) is 4.99 Å². The second kappa shape index (κ2) is 10.7. The van der Waals surface area contributed by atoms with Gasteiger partial charge < -0.3 is 14.2 Å². The molecule has 1 atom stereocenters. The minimum absolute atomic E-state index is 0.217. The van der Waals surface area contributed by atoms with Crippen LogP contribution in [0, 0.1) is 3.57 Å². The van der Waals surface area contributed by atoms with Crippen molar-refractivity contribution in [2.45, 2.75) is 19.9 Å². The predicted molar refractivity (Wildman–Crippen MR) is 147 cm³/mol. The molecule has 182 valence electrons. The molecule has 0 bridgehead atoms. The zero-order chi connectivity index (χ0) is 25.3. The Balaban J connectivity index is 1.94. The van der Waals surface area contributed by atoms with Crippen molar-refractivity contribution < 1.29 is 19.0 Å². The van der Waals surface area contributed by atoms with Gasteiger partial charge in [0.05, 0.1) is 50.7 Å². The molecule has 0 unspecified atom stereocenters. The van der Waals surface area contributed by atoms with E-state index in [2.05, 4.69) is 43.5 Å². The fourth-order valence-electron chi connectivity index (χ4n) is 3.88. The summed E-state index contributed by atoms with van der Waals surface area (Å²) in [5.74, 6) is 0.919. The Morgan fingerprint density at radius 3 is 2.54 bits per heavy atom. The highest BCUT2D eigenvalue weighted by molar-refractivity contribution is 14.1. The van der Waals surface area contributed by atoms with Crippen LogP contribution in [0.4, 0.5) is 0 Å². The number of hydrogen-bond donors (Lipinski definition) is 0. The Morgan fingerprint density at radius 2 is 1.91 bits per heavy atom. The lowest BCUT2D eigenvalue weighted by Gasteiger charge is -2.25. The van der Waals surface area contributed by atoms with Crippen LogP contribution in [-0.4, -0.2) is 31.4 Å². The van der Waals surface area contributed by atoms with E-state index in [0.29, 0.717) is 30.8 Å².